The summed E-state index contributed by atoms with van der Waals surface area (Å²) in [6.07, 6.45) is 12.3. The molecule has 0 bridgehead atoms. The van der Waals surface area contributed by atoms with Crippen molar-refractivity contribution in [3.05, 3.63) is 0 Å². The van der Waals surface area contributed by atoms with E-state index in [1.807, 2.05) is 0 Å². The molecule has 3 nitrogen and oxygen atoms in total. The van der Waals surface area contributed by atoms with E-state index in [0.29, 0.717) is 12.5 Å². The molecule has 0 radical (unpaired) electrons. The molecule has 1 unspecified atom stereocenters. The van der Waals surface area contributed by atoms with Gasteiger partial charge in [-0.05, 0) is 18.8 Å². The van der Waals surface area contributed by atoms with E-state index < -0.39 is 8.25 Å². The summed E-state index contributed by atoms with van der Waals surface area (Å²) in [5.41, 5.74) is 0. The first kappa shape index (κ1) is 18.0. The maximum Gasteiger partial charge on any atom is 0.694 e. The van der Waals surface area contributed by atoms with Gasteiger partial charge < -0.3 is 0 Å². The highest BCUT2D eigenvalue weighted by Gasteiger charge is 2.17. The summed E-state index contributed by atoms with van der Waals surface area (Å²) in [7, 11) is -2.43. The minimum atomic E-state index is -2.43. The van der Waals surface area contributed by atoms with E-state index in [2.05, 4.69) is 13.8 Å². The summed E-state index contributed by atoms with van der Waals surface area (Å²) in [6, 6.07) is 0. The Kier molecular flexibility index (Phi) is 13.5. The topological polar surface area (TPSA) is 46.5 Å². The second-order valence-electron chi connectivity index (χ2n) is 5.10. The predicted octanol–water partition coefficient (Wildman–Crippen LogP) is 5.21. The van der Waals surface area contributed by atoms with Crippen LogP contribution in [0.15, 0.2) is 0 Å². The normalized spacial score (nSPS) is 12.1. The second kappa shape index (κ2) is 13.5. The molecule has 0 saturated carbocycles. The standard InChI is InChI=1S/C14H29O3P/c1-3-5-7-9-11-14(13-17-18(15)16)12-10-8-6-4-2/h14H,3-13H2,1-2H3/p+1. The fourth-order valence-electron chi connectivity index (χ4n) is 2.20. The lowest BCUT2D eigenvalue weighted by Gasteiger charge is -2.13. The molecule has 0 rings (SSSR count). The molecular weight excluding hydrogens is 247 g/mol. The number of hydrogen-bond donors (Lipinski definition) is 1. The first-order valence-corrected chi connectivity index (χ1v) is 8.62. The average Bonchev–Trinajstić information content (AvgIpc) is 2.35. The summed E-state index contributed by atoms with van der Waals surface area (Å²) in [6.45, 7) is 4.87. The van der Waals surface area contributed by atoms with Gasteiger partial charge in [-0.3, -0.25) is 0 Å². The minimum Gasteiger partial charge on any atom is -0.133 e. The van der Waals surface area contributed by atoms with Gasteiger partial charge in [0.1, 0.15) is 6.61 Å². The highest BCUT2D eigenvalue weighted by atomic mass is 31.1. The van der Waals surface area contributed by atoms with Crippen LogP contribution in [0.5, 0.6) is 0 Å². The molecule has 0 aliphatic rings. The van der Waals surface area contributed by atoms with Gasteiger partial charge in [-0.1, -0.05) is 65.2 Å². The van der Waals surface area contributed by atoms with Gasteiger partial charge in [0, 0.05) is 4.57 Å². The van der Waals surface area contributed by atoms with Crippen LogP contribution in [-0.4, -0.2) is 11.5 Å². The van der Waals surface area contributed by atoms with Crippen molar-refractivity contribution in [3.8, 4) is 0 Å². The van der Waals surface area contributed by atoms with Gasteiger partial charge in [-0.2, -0.15) is 0 Å². The Morgan fingerprint density at radius 3 is 1.83 bits per heavy atom. The van der Waals surface area contributed by atoms with Crippen LogP contribution in [0.4, 0.5) is 0 Å². The van der Waals surface area contributed by atoms with E-state index in [1.54, 1.807) is 0 Å². The lowest BCUT2D eigenvalue weighted by Crippen LogP contribution is -2.07. The molecule has 108 valence electrons. The molecule has 0 amide bonds. The van der Waals surface area contributed by atoms with Crippen LogP contribution in [0.1, 0.15) is 78.1 Å². The van der Waals surface area contributed by atoms with Gasteiger partial charge in [0.15, 0.2) is 0 Å². The Morgan fingerprint density at radius 1 is 0.944 bits per heavy atom. The quantitative estimate of drug-likeness (QED) is 0.371. The zero-order valence-electron chi connectivity index (χ0n) is 12.1. The molecule has 4 heteroatoms. The maximum absolute atomic E-state index is 10.6. The SMILES string of the molecule is CCCCCCC(CCCCCC)CO[P+](=O)O. The van der Waals surface area contributed by atoms with E-state index in [4.69, 9.17) is 9.42 Å². The average molecular weight is 277 g/mol. The third kappa shape index (κ3) is 12.5. The summed E-state index contributed by atoms with van der Waals surface area (Å²) < 4.78 is 15.5. The van der Waals surface area contributed by atoms with Crippen molar-refractivity contribution in [2.45, 2.75) is 78.1 Å². The highest BCUT2D eigenvalue weighted by molar-refractivity contribution is 7.32. The first-order valence-electron chi connectivity index (χ1n) is 7.49. The molecular formula is C14H30O3P+. The van der Waals surface area contributed by atoms with E-state index in [-0.39, 0.29) is 0 Å². The number of unbranched alkanes of at least 4 members (excludes halogenated alkanes) is 6. The molecule has 0 fully saturated rings. The Morgan fingerprint density at radius 2 is 1.44 bits per heavy atom. The fourth-order valence-corrected chi connectivity index (χ4v) is 2.54. The minimum absolute atomic E-state index is 0.448. The third-order valence-electron chi connectivity index (χ3n) is 3.35. The Hall–Kier alpha value is 0.0200. The van der Waals surface area contributed by atoms with Crippen LogP contribution in [0.3, 0.4) is 0 Å². The third-order valence-corrected chi connectivity index (χ3v) is 3.72. The molecule has 1 N–H and O–H groups in total. The van der Waals surface area contributed by atoms with E-state index in [0.717, 1.165) is 12.8 Å². The van der Waals surface area contributed by atoms with Crippen molar-refractivity contribution in [1.82, 2.24) is 0 Å². The smallest absolute Gasteiger partial charge is 0.133 e. The first-order chi connectivity index (χ1) is 8.70. The van der Waals surface area contributed by atoms with Crippen molar-refractivity contribution in [2.75, 3.05) is 6.61 Å². The molecule has 0 saturated heterocycles. The summed E-state index contributed by atoms with van der Waals surface area (Å²) in [4.78, 5) is 8.71. The van der Waals surface area contributed by atoms with Crippen LogP contribution in [-0.2, 0) is 9.09 Å². The van der Waals surface area contributed by atoms with Crippen LogP contribution in [0, 0.1) is 5.92 Å². The van der Waals surface area contributed by atoms with Crippen molar-refractivity contribution >= 4 is 8.25 Å². The van der Waals surface area contributed by atoms with Crippen LogP contribution in [0.25, 0.3) is 0 Å². The predicted molar refractivity (Wildman–Crippen MR) is 76.8 cm³/mol. The largest absolute Gasteiger partial charge is 0.694 e. The lowest BCUT2D eigenvalue weighted by molar-refractivity contribution is 0.211. The Labute approximate surface area is 113 Å². The van der Waals surface area contributed by atoms with Gasteiger partial charge in [-0.25, -0.2) is 0 Å². The van der Waals surface area contributed by atoms with Gasteiger partial charge in [0.25, 0.3) is 0 Å². The number of hydrogen-bond acceptors (Lipinski definition) is 2. The summed E-state index contributed by atoms with van der Waals surface area (Å²) >= 11 is 0. The highest BCUT2D eigenvalue weighted by Crippen LogP contribution is 2.23. The monoisotopic (exact) mass is 277 g/mol. The van der Waals surface area contributed by atoms with Crippen LogP contribution < -0.4 is 0 Å². The molecule has 0 aromatic heterocycles. The molecule has 18 heavy (non-hydrogen) atoms. The van der Waals surface area contributed by atoms with Crippen LogP contribution >= 0.6 is 8.25 Å². The van der Waals surface area contributed by atoms with E-state index in [1.165, 1.54) is 51.4 Å². The van der Waals surface area contributed by atoms with Crippen LogP contribution in [0.2, 0.25) is 0 Å². The van der Waals surface area contributed by atoms with Gasteiger partial charge in [-0.15, -0.1) is 9.42 Å². The molecule has 0 heterocycles. The summed E-state index contributed by atoms with van der Waals surface area (Å²) in [5.74, 6) is 0.463. The van der Waals surface area contributed by atoms with Gasteiger partial charge in [0.2, 0.25) is 0 Å². The fraction of sp³-hybridized carbons (Fsp3) is 1.00. The van der Waals surface area contributed by atoms with E-state index >= 15 is 0 Å². The van der Waals surface area contributed by atoms with Crippen molar-refractivity contribution in [2.24, 2.45) is 5.92 Å². The Bertz CT molecular complexity index is 185. The molecule has 0 spiro atoms. The Balaban J connectivity index is 3.73. The second-order valence-corrected chi connectivity index (χ2v) is 5.83. The molecule has 0 aromatic rings. The van der Waals surface area contributed by atoms with Gasteiger partial charge in [0.05, 0.1) is 0 Å². The summed E-state index contributed by atoms with van der Waals surface area (Å²) in [5, 5.41) is 0. The molecule has 0 aromatic carbocycles. The lowest BCUT2D eigenvalue weighted by atomic mass is 9.95. The van der Waals surface area contributed by atoms with E-state index in [9.17, 15) is 4.57 Å². The van der Waals surface area contributed by atoms with Crippen molar-refractivity contribution < 1.29 is 14.0 Å². The number of rotatable bonds is 13. The maximum atomic E-state index is 10.6. The van der Waals surface area contributed by atoms with Gasteiger partial charge >= 0.3 is 8.25 Å². The zero-order valence-corrected chi connectivity index (χ0v) is 13.0. The zero-order chi connectivity index (χ0) is 13.6. The molecule has 0 aliphatic heterocycles. The molecule has 1 atom stereocenters. The van der Waals surface area contributed by atoms with Crippen molar-refractivity contribution in [3.63, 3.8) is 0 Å². The van der Waals surface area contributed by atoms with Crippen molar-refractivity contribution in [1.29, 1.82) is 0 Å². The molecule has 0 aliphatic carbocycles.